The smallest absolute Gasteiger partial charge is 0.230 e. The van der Waals surface area contributed by atoms with Crippen LogP contribution < -0.4 is 10.6 Å². The van der Waals surface area contributed by atoms with E-state index in [1.54, 1.807) is 0 Å². The lowest BCUT2D eigenvalue weighted by Crippen LogP contribution is -2.53. The molecule has 0 bridgehead atoms. The molecule has 1 unspecified atom stereocenters. The minimum atomic E-state index is -0.189. The van der Waals surface area contributed by atoms with Crippen LogP contribution in [0.2, 0.25) is 0 Å². The van der Waals surface area contributed by atoms with Gasteiger partial charge in [-0.15, -0.1) is 0 Å². The molecular formula is C24H35N3O2. The largest absolute Gasteiger partial charge is 0.353 e. The van der Waals surface area contributed by atoms with Gasteiger partial charge >= 0.3 is 0 Å². The van der Waals surface area contributed by atoms with Crippen LogP contribution in [0.3, 0.4) is 0 Å². The van der Waals surface area contributed by atoms with Crippen molar-refractivity contribution < 1.29 is 9.59 Å². The Kier molecular flexibility index (Phi) is 6.23. The number of nitrogens with one attached hydrogen (secondary N) is 2. The van der Waals surface area contributed by atoms with Gasteiger partial charge in [-0.1, -0.05) is 50.1 Å². The summed E-state index contributed by atoms with van der Waals surface area (Å²) in [6, 6.07) is 10.3. The van der Waals surface area contributed by atoms with Gasteiger partial charge in [-0.2, -0.15) is 0 Å². The first kappa shape index (κ1) is 20.4. The average molecular weight is 398 g/mol. The molecule has 2 aliphatic heterocycles. The summed E-state index contributed by atoms with van der Waals surface area (Å²) >= 11 is 0. The first-order chi connectivity index (χ1) is 14.1. The molecule has 3 aliphatic rings. The molecule has 2 N–H and O–H groups in total. The molecule has 2 heterocycles. The number of carbonyl (C=O) groups excluding carboxylic acids is 2. The number of hydrogen-bond acceptors (Lipinski definition) is 3. The topological polar surface area (TPSA) is 61.4 Å². The summed E-state index contributed by atoms with van der Waals surface area (Å²) in [5.74, 6) is 0.921. The summed E-state index contributed by atoms with van der Waals surface area (Å²) in [6.45, 7) is 5.37. The van der Waals surface area contributed by atoms with Crippen LogP contribution in [0.15, 0.2) is 30.3 Å². The highest BCUT2D eigenvalue weighted by Gasteiger charge is 2.50. The van der Waals surface area contributed by atoms with Crippen LogP contribution in [0.5, 0.6) is 0 Å². The third-order valence-corrected chi connectivity index (χ3v) is 7.54. The summed E-state index contributed by atoms with van der Waals surface area (Å²) in [7, 11) is 0. The van der Waals surface area contributed by atoms with E-state index in [2.05, 4.69) is 29.7 Å². The number of hydrogen-bond donors (Lipinski definition) is 2. The number of benzene rings is 1. The average Bonchev–Trinajstić information content (AvgIpc) is 3.21. The molecule has 2 amide bonds. The van der Waals surface area contributed by atoms with Gasteiger partial charge < -0.3 is 15.5 Å². The highest BCUT2D eigenvalue weighted by atomic mass is 16.2. The van der Waals surface area contributed by atoms with Crippen molar-refractivity contribution in [2.45, 2.75) is 63.8 Å². The number of likely N-dealkylation sites (tertiary alicyclic amines) is 1. The normalized spacial score (nSPS) is 28.6. The zero-order valence-electron chi connectivity index (χ0n) is 17.7. The monoisotopic (exact) mass is 397 g/mol. The third kappa shape index (κ3) is 4.07. The quantitative estimate of drug-likeness (QED) is 0.803. The van der Waals surface area contributed by atoms with Gasteiger partial charge in [-0.25, -0.2) is 0 Å². The summed E-state index contributed by atoms with van der Waals surface area (Å²) in [5.41, 5.74) is 0.915. The van der Waals surface area contributed by atoms with E-state index in [4.69, 9.17) is 0 Å². The van der Waals surface area contributed by atoms with Gasteiger partial charge in [0.2, 0.25) is 11.8 Å². The second kappa shape index (κ2) is 8.86. The number of piperidine rings is 1. The fraction of sp³-hybridized carbons (Fsp3) is 0.667. The molecule has 1 aromatic rings. The summed E-state index contributed by atoms with van der Waals surface area (Å²) < 4.78 is 0. The lowest BCUT2D eigenvalue weighted by molar-refractivity contribution is -0.136. The zero-order chi connectivity index (χ0) is 20.3. The molecule has 2 saturated heterocycles. The number of nitrogens with zero attached hydrogens (tertiary/aromatic N) is 1. The van der Waals surface area contributed by atoms with Gasteiger partial charge in [-0.05, 0) is 50.1 Å². The molecule has 158 valence electrons. The molecule has 3 atom stereocenters. The molecule has 5 heteroatoms. The highest BCUT2D eigenvalue weighted by molar-refractivity contribution is 5.85. The summed E-state index contributed by atoms with van der Waals surface area (Å²) in [5, 5.41) is 6.83. The van der Waals surface area contributed by atoms with E-state index >= 15 is 0 Å². The third-order valence-electron chi connectivity index (χ3n) is 7.54. The molecule has 1 aliphatic carbocycles. The van der Waals surface area contributed by atoms with E-state index in [-0.39, 0.29) is 29.2 Å². The molecule has 0 aromatic heterocycles. The van der Waals surface area contributed by atoms with E-state index < -0.39 is 0 Å². The van der Waals surface area contributed by atoms with Gasteiger partial charge in [0.05, 0.1) is 11.3 Å². The van der Waals surface area contributed by atoms with Gasteiger partial charge in [0, 0.05) is 25.7 Å². The second-order valence-corrected chi connectivity index (χ2v) is 9.17. The van der Waals surface area contributed by atoms with Crippen molar-refractivity contribution in [3.63, 3.8) is 0 Å². The van der Waals surface area contributed by atoms with Crippen molar-refractivity contribution in [1.82, 2.24) is 15.5 Å². The molecule has 1 aromatic carbocycles. The van der Waals surface area contributed by atoms with Gasteiger partial charge in [0.25, 0.3) is 0 Å². The molecular weight excluding hydrogens is 362 g/mol. The van der Waals surface area contributed by atoms with E-state index in [1.165, 1.54) is 12.8 Å². The number of fused-ring (bicyclic) bond motifs is 1. The lowest BCUT2D eigenvalue weighted by Gasteiger charge is -2.40. The van der Waals surface area contributed by atoms with Crippen molar-refractivity contribution in [3.8, 4) is 0 Å². The minimum Gasteiger partial charge on any atom is -0.353 e. The summed E-state index contributed by atoms with van der Waals surface area (Å²) in [6.07, 6.45) is 7.14. The maximum Gasteiger partial charge on any atom is 0.230 e. The van der Waals surface area contributed by atoms with Crippen LogP contribution in [0.25, 0.3) is 0 Å². The number of carbonyl (C=O) groups is 2. The summed E-state index contributed by atoms with van der Waals surface area (Å²) in [4.78, 5) is 28.3. The Bertz CT molecular complexity index is 714. The molecule has 1 saturated carbocycles. The predicted octanol–water partition coefficient (Wildman–Crippen LogP) is 3.07. The van der Waals surface area contributed by atoms with Crippen molar-refractivity contribution in [3.05, 3.63) is 35.9 Å². The van der Waals surface area contributed by atoms with Gasteiger partial charge in [0.15, 0.2) is 0 Å². The molecule has 5 nitrogen and oxygen atoms in total. The van der Waals surface area contributed by atoms with Crippen LogP contribution in [0.4, 0.5) is 0 Å². The zero-order valence-corrected chi connectivity index (χ0v) is 17.7. The van der Waals surface area contributed by atoms with E-state index in [0.717, 1.165) is 63.8 Å². The molecule has 4 rings (SSSR count). The Morgan fingerprint density at radius 3 is 2.66 bits per heavy atom. The van der Waals surface area contributed by atoms with Gasteiger partial charge in [0.1, 0.15) is 0 Å². The Morgan fingerprint density at radius 2 is 1.93 bits per heavy atom. The molecule has 0 spiro atoms. The maximum absolute atomic E-state index is 13.2. The van der Waals surface area contributed by atoms with Gasteiger partial charge in [-0.3, -0.25) is 9.59 Å². The first-order valence-corrected chi connectivity index (χ1v) is 11.5. The SMILES string of the molecule is CCC(C(=O)N1CCC(NC(=O)[C@@]23CCCC[C@H]2CNC3)CC1)c1ccccc1. The fourth-order valence-corrected chi connectivity index (χ4v) is 5.72. The van der Waals surface area contributed by atoms with Crippen molar-refractivity contribution in [2.75, 3.05) is 26.2 Å². The van der Waals surface area contributed by atoms with Crippen LogP contribution >= 0.6 is 0 Å². The highest BCUT2D eigenvalue weighted by Crippen LogP contribution is 2.44. The Hall–Kier alpha value is -1.88. The predicted molar refractivity (Wildman–Crippen MR) is 114 cm³/mol. The van der Waals surface area contributed by atoms with Crippen molar-refractivity contribution in [1.29, 1.82) is 0 Å². The fourth-order valence-electron chi connectivity index (χ4n) is 5.72. The lowest BCUT2D eigenvalue weighted by atomic mass is 9.67. The standard InChI is InChI=1S/C24H35N3O2/c1-2-21(18-8-4-3-5-9-18)22(28)27-14-11-20(12-15-27)26-23(29)24-13-7-6-10-19(24)16-25-17-24/h3-5,8-9,19-21,25H,2,6-7,10-17H2,1H3,(H,26,29)/t19-,21?,24+/m0/s1. The van der Waals surface area contributed by atoms with E-state index in [0.29, 0.717) is 5.92 Å². The van der Waals surface area contributed by atoms with Crippen molar-refractivity contribution in [2.24, 2.45) is 11.3 Å². The van der Waals surface area contributed by atoms with Crippen LogP contribution in [-0.4, -0.2) is 48.9 Å². The van der Waals surface area contributed by atoms with Crippen LogP contribution in [0, 0.1) is 11.3 Å². The number of amides is 2. The van der Waals surface area contributed by atoms with E-state index in [1.807, 2.05) is 23.1 Å². The maximum atomic E-state index is 13.2. The molecule has 3 fully saturated rings. The van der Waals surface area contributed by atoms with Crippen LogP contribution in [-0.2, 0) is 9.59 Å². The van der Waals surface area contributed by atoms with E-state index in [9.17, 15) is 9.59 Å². The Balaban J connectivity index is 1.32. The second-order valence-electron chi connectivity index (χ2n) is 9.17. The number of rotatable bonds is 5. The Labute approximate surface area is 174 Å². The molecule has 29 heavy (non-hydrogen) atoms. The first-order valence-electron chi connectivity index (χ1n) is 11.5. The molecule has 0 radical (unpaired) electrons. The van der Waals surface area contributed by atoms with Crippen LogP contribution in [0.1, 0.15) is 63.4 Å². The Morgan fingerprint density at radius 1 is 1.17 bits per heavy atom. The minimum absolute atomic E-state index is 0.0613. The van der Waals surface area contributed by atoms with Crippen molar-refractivity contribution >= 4 is 11.8 Å².